The maximum Gasteiger partial charge on any atom is 0.128 e. The highest BCUT2D eigenvalue weighted by Crippen LogP contribution is 2.24. The molecule has 2 nitrogen and oxygen atoms in total. The van der Waals surface area contributed by atoms with Crippen LogP contribution < -0.4 is 4.72 Å². The lowest BCUT2D eigenvalue weighted by Gasteiger charge is -2.24. The molecule has 0 bridgehead atoms. The van der Waals surface area contributed by atoms with Gasteiger partial charge in [0.05, 0.1) is 21.8 Å². The molecule has 0 fully saturated rings. The molecule has 0 spiro atoms. The lowest BCUT2D eigenvalue weighted by atomic mass is 10.0. The van der Waals surface area contributed by atoms with Crippen molar-refractivity contribution in [3.05, 3.63) is 48.1 Å². The van der Waals surface area contributed by atoms with Crippen LogP contribution in [0.2, 0.25) is 0 Å². The second kappa shape index (κ2) is 6.39. The molecule has 19 heavy (non-hydrogen) atoms. The van der Waals surface area contributed by atoms with Crippen LogP contribution >= 0.6 is 0 Å². The number of hydrogen-bond acceptors (Lipinski definition) is 1. The van der Waals surface area contributed by atoms with E-state index in [9.17, 15) is 13.0 Å². The molecule has 0 aliphatic rings. The van der Waals surface area contributed by atoms with E-state index in [4.69, 9.17) is 0 Å². The smallest absolute Gasteiger partial charge is 0.128 e. The van der Waals surface area contributed by atoms with Gasteiger partial charge in [-0.05, 0) is 45.4 Å². The largest absolute Gasteiger partial charge is 0.242 e. The van der Waals surface area contributed by atoms with Gasteiger partial charge in [-0.25, -0.2) is 17.7 Å². The summed E-state index contributed by atoms with van der Waals surface area (Å²) in [5.74, 6) is -1.04. The Hall–Kier alpha value is -1.07. The SMILES string of the molecule is C=CC[C@H](N[S@@](=O)C(C)(C)C)c1cc(F)ccc1F. The first-order valence-corrected chi connectivity index (χ1v) is 7.14. The lowest BCUT2D eigenvalue weighted by Crippen LogP contribution is -2.36. The Bertz CT molecular complexity index is 483. The predicted molar refractivity (Wildman–Crippen MR) is 74.9 cm³/mol. The minimum Gasteiger partial charge on any atom is -0.242 e. The average Bonchev–Trinajstić information content (AvgIpc) is 2.30. The third kappa shape index (κ3) is 4.51. The van der Waals surface area contributed by atoms with Crippen LogP contribution in [0.4, 0.5) is 8.78 Å². The first kappa shape index (κ1) is 16.0. The van der Waals surface area contributed by atoms with Crippen molar-refractivity contribution in [1.82, 2.24) is 4.72 Å². The highest BCUT2D eigenvalue weighted by Gasteiger charge is 2.24. The van der Waals surface area contributed by atoms with Gasteiger partial charge in [0, 0.05) is 5.56 Å². The number of halogens is 2. The number of hydrogen-bond donors (Lipinski definition) is 1. The van der Waals surface area contributed by atoms with Gasteiger partial charge in [0.25, 0.3) is 0 Å². The fourth-order valence-corrected chi connectivity index (χ4v) is 2.33. The Balaban J connectivity index is 3.04. The van der Waals surface area contributed by atoms with E-state index in [1.807, 2.05) is 20.8 Å². The normalized spacial score (nSPS) is 15.0. The molecule has 1 aromatic carbocycles. The zero-order valence-corrected chi connectivity index (χ0v) is 12.2. The summed E-state index contributed by atoms with van der Waals surface area (Å²) in [4.78, 5) is 0. The van der Waals surface area contributed by atoms with Crippen molar-refractivity contribution in [1.29, 1.82) is 0 Å². The molecular formula is C14H19F2NOS. The third-order valence-corrected chi connectivity index (χ3v) is 4.15. The Labute approximate surface area is 115 Å². The van der Waals surface area contributed by atoms with Crippen LogP contribution in [0.5, 0.6) is 0 Å². The molecular weight excluding hydrogens is 268 g/mol. The van der Waals surface area contributed by atoms with E-state index in [1.54, 1.807) is 6.08 Å². The second-order valence-corrected chi connectivity index (χ2v) is 7.24. The minimum atomic E-state index is -1.37. The molecule has 5 heteroatoms. The predicted octanol–water partition coefficient (Wildman–Crippen LogP) is 3.63. The fourth-order valence-electron chi connectivity index (χ4n) is 1.49. The molecule has 0 radical (unpaired) electrons. The van der Waals surface area contributed by atoms with E-state index in [-0.39, 0.29) is 5.56 Å². The maximum atomic E-state index is 13.8. The zero-order chi connectivity index (χ0) is 14.6. The van der Waals surface area contributed by atoms with E-state index in [0.717, 1.165) is 18.2 Å². The van der Waals surface area contributed by atoms with Crippen LogP contribution in [0.3, 0.4) is 0 Å². The Morgan fingerprint density at radius 3 is 2.58 bits per heavy atom. The van der Waals surface area contributed by atoms with Crippen molar-refractivity contribution in [3.8, 4) is 0 Å². The molecule has 1 N–H and O–H groups in total. The van der Waals surface area contributed by atoms with Gasteiger partial charge in [0.1, 0.15) is 11.6 Å². The molecule has 1 rings (SSSR count). The summed E-state index contributed by atoms with van der Waals surface area (Å²) in [6, 6.07) is 2.69. The van der Waals surface area contributed by atoms with Gasteiger partial charge in [-0.2, -0.15) is 0 Å². The molecule has 2 atom stereocenters. The molecule has 0 aliphatic heterocycles. The van der Waals surface area contributed by atoms with Crippen molar-refractivity contribution >= 4 is 11.0 Å². The van der Waals surface area contributed by atoms with E-state index < -0.39 is 33.4 Å². The molecule has 0 aromatic heterocycles. The second-order valence-electron chi connectivity index (χ2n) is 5.24. The number of nitrogens with one attached hydrogen (secondary N) is 1. The molecule has 0 aliphatic carbocycles. The summed E-state index contributed by atoms with van der Waals surface area (Å²) < 4.78 is 41.4. The molecule has 106 valence electrons. The van der Waals surface area contributed by atoms with Gasteiger partial charge < -0.3 is 0 Å². The number of benzene rings is 1. The van der Waals surface area contributed by atoms with Crippen LogP contribution in [0.25, 0.3) is 0 Å². The Morgan fingerprint density at radius 1 is 1.42 bits per heavy atom. The van der Waals surface area contributed by atoms with Crippen LogP contribution in [-0.2, 0) is 11.0 Å². The van der Waals surface area contributed by atoms with Gasteiger partial charge in [0.2, 0.25) is 0 Å². The monoisotopic (exact) mass is 287 g/mol. The Morgan fingerprint density at radius 2 is 2.05 bits per heavy atom. The molecule has 0 unspecified atom stereocenters. The first-order chi connectivity index (χ1) is 8.75. The highest BCUT2D eigenvalue weighted by atomic mass is 32.2. The standard InChI is InChI=1S/C14H19F2NOS/c1-5-6-13(17-19(18)14(2,3)4)11-9-10(15)7-8-12(11)16/h5,7-9,13,17H,1,6H2,2-4H3/t13-,19-/m0/s1. The topological polar surface area (TPSA) is 29.1 Å². The van der Waals surface area contributed by atoms with E-state index in [2.05, 4.69) is 11.3 Å². The summed E-state index contributed by atoms with van der Waals surface area (Å²) in [5.41, 5.74) is 0.164. The van der Waals surface area contributed by atoms with Crippen molar-refractivity contribution in [3.63, 3.8) is 0 Å². The van der Waals surface area contributed by atoms with Gasteiger partial charge in [0.15, 0.2) is 0 Å². The fraction of sp³-hybridized carbons (Fsp3) is 0.429. The van der Waals surface area contributed by atoms with Crippen LogP contribution in [0, 0.1) is 11.6 Å². The molecule has 0 heterocycles. The zero-order valence-electron chi connectivity index (χ0n) is 11.4. The van der Waals surface area contributed by atoms with Crippen molar-refractivity contribution in [2.45, 2.75) is 38.0 Å². The molecule has 1 aromatic rings. The quantitative estimate of drug-likeness (QED) is 0.823. The van der Waals surface area contributed by atoms with Gasteiger partial charge >= 0.3 is 0 Å². The first-order valence-electron chi connectivity index (χ1n) is 5.99. The average molecular weight is 287 g/mol. The van der Waals surface area contributed by atoms with Gasteiger partial charge in [-0.1, -0.05) is 6.08 Å². The molecule has 0 amide bonds. The summed E-state index contributed by atoms with van der Waals surface area (Å²) in [5, 5.41) is 0. The number of rotatable bonds is 5. The third-order valence-electron chi connectivity index (χ3n) is 2.54. The van der Waals surface area contributed by atoms with Crippen LogP contribution in [-0.4, -0.2) is 8.96 Å². The van der Waals surface area contributed by atoms with E-state index in [1.165, 1.54) is 0 Å². The van der Waals surface area contributed by atoms with Crippen molar-refractivity contribution in [2.24, 2.45) is 0 Å². The van der Waals surface area contributed by atoms with Crippen LogP contribution in [0.1, 0.15) is 38.8 Å². The maximum absolute atomic E-state index is 13.8. The summed E-state index contributed by atoms with van der Waals surface area (Å²) in [6.07, 6.45) is 1.95. The summed E-state index contributed by atoms with van der Waals surface area (Å²) in [7, 11) is -1.37. The summed E-state index contributed by atoms with van der Waals surface area (Å²) in [6.45, 7) is 9.02. The molecule has 0 saturated heterocycles. The highest BCUT2D eigenvalue weighted by molar-refractivity contribution is 7.84. The minimum absolute atomic E-state index is 0.164. The van der Waals surface area contributed by atoms with Gasteiger partial charge in [-0.3, -0.25) is 0 Å². The van der Waals surface area contributed by atoms with Crippen LogP contribution in [0.15, 0.2) is 30.9 Å². The molecule has 0 saturated carbocycles. The van der Waals surface area contributed by atoms with Crippen molar-refractivity contribution in [2.75, 3.05) is 0 Å². The van der Waals surface area contributed by atoms with E-state index in [0.29, 0.717) is 6.42 Å². The Kier molecular flexibility index (Phi) is 5.38. The van der Waals surface area contributed by atoms with Gasteiger partial charge in [-0.15, -0.1) is 6.58 Å². The van der Waals surface area contributed by atoms with E-state index >= 15 is 0 Å². The summed E-state index contributed by atoms with van der Waals surface area (Å²) >= 11 is 0. The lowest BCUT2D eigenvalue weighted by molar-refractivity contribution is 0.543. The van der Waals surface area contributed by atoms with Crippen molar-refractivity contribution < 1.29 is 13.0 Å².